The summed E-state index contributed by atoms with van der Waals surface area (Å²) in [6.07, 6.45) is 6.31. The van der Waals surface area contributed by atoms with Gasteiger partial charge < -0.3 is 29.9 Å². The summed E-state index contributed by atoms with van der Waals surface area (Å²) in [5, 5.41) is 15.4. The van der Waals surface area contributed by atoms with E-state index in [4.69, 9.17) is 29.2 Å². The Labute approximate surface area is 310 Å². The Kier molecular flexibility index (Phi) is 12.5. The molecule has 3 aromatic carbocycles. The van der Waals surface area contributed by atoms with Crippen molar-refractivity contribution in [3.05, 3.63) is 95.6 Å². The van der Waals surface area contributed by atoms with Gasteiger partial charge in [-0.15, -0.1) is 0 Å². The first kappa shape index (κ1) is 36.4. The van der Waals surface area contributed by atoms with Crippen LogP contribution in [-0.4, -0.2) is 105 Å². The van der Waals surface area contributed by atoms with E-state index >= 15 is 0 Å². The molecule has 0 aliphatic carbocycles. The van der Waals surface area contributed by atoms with E-state index in [0.717, 1.165) is 80.9 Å². The molecule has 7 nitrogen and oxygen atoms in total. The fourth-order valence-electron chi connectivity index (χ4n) is 8.12. The van der Waals surface area contributed by atoms with Crippen LogP contribution in [0.4, 0.5) is 0 Å². The zero-order valence-corrected chi connectivity index (χ0v) is 31.7. The van der Waals surface area contributed by atoms with E-state index in [2.05, 4.69) is 105 Å². The van der Waals surface area contributed by atoms with Crippen LogP contribution < -0.4 is 10.1 Å². The topological polar surface area (TPSA) is 54.5 Å². The highest BCUT2D eigenvalue weighted by Gasteiger charge is 2.40. The molecule has 0 amide bonds. The van der Waals surface area contributed by atoms with Crippen LogP contribution in [0.25, 0.3) is 0 Å². The number of aromatic hydroxyl groups is 1. The molecule has 3 aromatic rings. The van der Waals surface area contributed by atoms with Gasteiger partial charge in [-0.1, -0.05) is 68.4 Å². The molecule has 0 spiro atoms. The van der Waals surface area contributed by atoms with Crippen LogP contribution >= 0.6 is 24.4 Å². The summed E-state index contributed by atoms with van der Waals surface area (Å²) in [5.41, 5.74) is 3.89. The minimum atomic E-state index is 0.224. The van der Waals surface area contributed by atoms with Crippen molar-refractivity contribution in [2.45, 2.75) is 83.5 Å². The molecule has 4 atom stereocenters. The number of hydrogen-bond acceptors (Lipinski definition) is 5. The molecule has 50 heavy (non-hydrogen) atoms. The molecule has 3 aliphatic rings. The number of nitrogens with zero attached hydrogens (tertiary/aromatic N) is 4. The van der Waals surface area contributed by atoms with Crippen LogP contribution in [0.1, 0.15) is 56.7 Å². The van der Waals surface area contributed by atoms with E-state index in [1.165, 1.54) is 29.5 Å². The van der Waals surface area contributed by atoms with E-state index in [1.807, 2.05) is 19.1 Å². The summed E-state index contributed by atoms with van der Waals surface area (Å²) in [6.45, 7) is 13.1. The molecule has 0 radical (unpaired) electrons. The molecular weight excluding hydrogens is 659 g/mol. The smallest absolute Gasteiger partial charge is 0.172 e. The number of benzene rings is 3. The molecule has 6 rings (SSSR count). The van der Waals surface area contributed by atoms with E-state index < -0.39 is 0 Å². The molecule has 3 heterocycles. The standard InChI is InChI=1S/C41H55N5O2S2/c1-4-48-39-18-14-31(15-19-39)20-22-44-36(23-30(2)3)29-46(41(44)50)37(25-33-12-16-38(47)17-13-33)27-43-21-8-11-34(43)28-45-35(26-42-40(45)49)24-32-9-6-5-7-10-32/h5-7,9-10,12-19,30,34-37,47H,4,8,11,20-29H2,1-3H3,(H,42,49)/t34-,35+,36+,37+/m1/s1. The Balaban J connectivity index is 1.18. The predicted molar refractivity (Wildman–Crippen MR) is 212 cm³/mol. The van der Waals surface area contributed by atoms with E-state index in [0.29, 0.717) is 36.4 Å². The third-order valence-corrected chi connectivity index (χ3v) is 11.5. The van der Waals surface area contributed by atoms with Crippen molar-refractivity contribution in [3.8, 4) is 11.5 Å². The predicted octanol–water partition coefficient (Wildman–Crippen LogP) is 6.53. The molecule has 2 N–H and O–H groups in total. The first-order chi connectivity index (χ1) is 24.3. The maximum absolute atomic E-state index is 10.1. The van der Waals surface area contributed by atoms with Gasteiger partial charge in [0.05, 0.1) is 12.6 Å². The lowest BCUT2D eigenvalue weighted by Gasteiger charge is -2.37. The van der Waals surface area contributed by atoms with E-state index in [-0.39, 0.29) is 6.04 Å². The first-order valence-corrected chi connectivity index (χ1v) is 19.5. The molecule has 3 fully saturated rings. The summed E-state index contributed by atoms with van der Waals surface area (Å²) in [6, 6.07) is 28.5. The van der Waals surface area contributed by atoms with Gasteiger partial charge in [-0.25, -0.2) is 0 Å². The average molecular weight is 714 g/mol. The Morgan fingerprint density at radius 2 is 1.62 bits per heavy atom. The lowest BCUT2D eigenvalue weighted by atomic mass is 10.0. The highest BCUT2D eigenvalue weighted by Crippen LogP contribution is 2.29. The Morgan fingerprint density at radius 3 is 2.34 bits per heavy atom. The second kappa shape index (κ2) is 17.2. The van der Waals surface area contributed by atoms with Crippen LogP contribution in [0, 0.1) is 5.92 Å². The molecular formula is C41H55N5O2S2. The van der Waals surface area contributed by atoms with Gasteiger partial charge in [-0.2, -0.15) is 0 Å². The zero-order valence-electron chi connectivity index (χ0n) is 30.0. The van der Waals surface area contributed by atoms with Gasteiger partial charge in [-0.3, -0.25) is 4.90 Å². The first-order valence-electron chi connectivity index (χ1n) is 18.7. The highest BCUT2D eigenvalue weighted by atomic mass is 32.1. The monoisotopic (exact) mass is 713 g/mol. The lowest BCUT2D eigenvalue weighted by Crippen LogP contribution is -2.51. The van der Waals surface area contributed by atoms with Gasteiger partial charge in [0.25, 0.3) is 0 Å². The molecule has 0 saturated carbocycles. The second-order valence-corrected chi connectivity index (χ2v) is 15.5. The molecule has 9 heteroatoms. The molecule has 268 valence electrons. The van der Waals surface area contributed by atoms with Crippen molar-refractivity contribution in [3.63, 3.8) is 0 Å². The number of nitrogens with one attached hydrogen (secondary N) is 1. The maximum atomic E-state index is 10.1. The number of thiocarbonyl (C=S) groups is 2. The fourth-order valence-corrected chi connectivity index (χ4v) is 8.89. The minimum absolute atomic E-state index is 0.224. The van der Waals surface area contributed by atoms with Crippen molar-refractivity contribution >= 4 is 34.7 Å². The lowest BCUT2D eigenvalue weighted by molar-refractivity contribution is 0.159. The summed E-state index contributed by atoms with van der Waals surface area (Å²) in [4.78, 5) is 10.2. The van der Waals surface area contributed by atoms with Crippen molar-refractivity contribution in [1.29, 1.82) is 0 Å². The summed E-state index contributed by atoms with van der Waals surface area (Å²) >= 11 is 12.3. The molecule has 0 bridgehead atoms. The SMILES string of the molecule is CCOc1ccc(CCN2C(=S)N([C@@H](Cc3ccc(O)cc3)CN3CCC[C@@H]3CN3C(=S)NC[C@@H]3Cc3ccccc3)C[C@@H]2CC(C)C)cc1. The Morgan fingerprint density at radius 1 is 0.880 bits per heavy atom. The number of hydrogen-bond donors (Lipinski definition) is 2. The average Bonchev–Trinajstić information content (AvgIpc) is 3.79. The maximum Gasteiger partial charge on any atom is 0.172 e. The van der Waals surface area contributed by atoms with Crippen molar-refractivity contribution in [2.75, 3.05) is 45.9 Å². The summed E-state index contributed by atoms with van der Waals surface area (Å²) in [7, 11) is 0. The quantitative estimate of drug-likeness (QED) is 0.162. The molecule has 0 aromatic heterocycles. The second-order valence-electron chi connectivity index (χ2n) is 14.7. The summed E-state index contributed by atoms with van der Waals surface area (Å²) < 4.78 is 5.68. The number of phenols is 1. The van der Waals surface area contributed by atoms with Crippen molar-refractivity contribution in [1.82, 2.24) is 24.9 Å². The van der Waals surface area contributed by atoms with Crippen LogP contribution in [0.15, 0.2) is 78.9 Å². The van der Waals surface area contributed by atoms with Gasteiger partial charge in [0.2, 0.25) is 0 Å². The normalized spacial score (nSPS) is 21.8. The van der Waals surface area contributed by atoms with Crippen LogP contribution in [-0.2, 0) is 19.3 Å². The van der Waals surface area contributed by atoms with Gasteiger partial charge in [-0.05, 0) is 123 Å². The molecule has 3 aliphatic heterocycles. The third kappa shape index (κ3) is 9.28. The van der Waals surface area contributed by atoms with Gasteiger partial charge in [0.15, 0.2) is 10.2 Å². The van der Waals surface area contributed by atoms with E-state index in [1.54, 1.807) is 0 Å². The van der Waals surface area contributed by atoms with Crippen LogP contribution in [0.2, 0.25) is 0 Å². The molecule has 0 unspecified atom stereocenters. The Hall–Kier alpha value is -3.40. The fraction of sp³-hybridized carbons (Fsp3) is 0.512. The molecule has 3 saturated heterocycles. The third-order valence-electron chi connectivity index (χ3n) is 10.7. The van der Waals surface area contributed by atoms with Gasteiger partial charge >= 0.3 is 0 Å². The van der Waals surface area contributed by atoms with Gasteiger partial charge in [0, 0.05) is 50.8 Å². The number of likely N-dealkylation sites (tertiary alicyclic amines) is 1. The zero-order chi connectivity index (χ0) is 35.0. The summed E-state index contributed by atoms with van der Waals surface area (Å²) in [5.74, 6) is 1.80. The van der Waals surface area contributed by atoms with Crippen molar-refractivity contribution in [2.24, 2.45) is 5.92 Å². The van der Waals surface area contributed by atoms with Crippen LogP contribution in [0.5, 0.6) is 11.5 Å². The van der Waals surface area contributed by atoms with E-state index in [9.17, 15) is 5.11 Å². The largest absolute Gasteiger partial charge is 0.508 e. The van der Waals surface area contributed by atoms with Crippen molar-refractivity contribution < 1.29 is 9.84 Å². The number of ether oxygens (including phenoxy) is 1. The minimum Gasteiger partial charge on any atom is -0.508 e. The Bertz CT molecular complexity index is 1540. The number of phenolic OH excluding ortho intramolecular Hbond substituents is 1. The number of rotatable bonds is 16. The van der Waals surface area contributed by atoms with Crippen LogP contribution in [0.3, 0.4) is 0 Å². The van der Waals surface area contributed by atoms with Gasteiger partial charge in [0.1, 0.15) is 11.5 Å². The highest BCUT2D eigenvalue weighted by molar-refractivity contribution is 7.80.